The lowest BCUT2D eigenvalue weighted by molar-refractivity contribution is -0.142. The number of carbonyl (C=O) groups is 2. The number of amides is 1. The zero-order valence-corrected chi connectivity index (χ0v) is 13.8. The van der Waals surface area contributed by atoms with Crippen LogP contribution in [0.4, 0.5) is 0 Å². The molecule has 23 heavy (non-hydrogen) atoms. The lowest BCUT2D eigenvalue weighted by atomic mass is 10.0. The van der Waals surface area contributed by atoms with Crippen molar-refractivity contribution in [1.29, 1.82) is 0 Å². The normalized spacial score (nSPS) is 21.4. The number of carboxylic acids is 1. The lowest BCUT2D eigenvalue weighted by Crippen LogP contribution is -2.37. The highest BCUT2D eigenvalue weighted by Crippen LogP contribution is 2.26. The van der Waals surface area contributed by atoms with E-state index in [0.717, 1.165) is 0 Å². The van der Waals surface area contributed by atoms with Crippen LogP contribution >= 0.6 is 0 Å². The van der Waals surface area contributed by atoms with Crippen molar-refractivity contribution in [2.45, 2.75) is 31.2 Å². The van der Waals surface area contributed by atoms with Gasteiger partial charge in [-0.2, -0.15) is 0 Å². The average Bonchev–Trinajstić information content (AvgIpc) is 2.88. The molecular formula is C15H20N2O5S. The maximum atomic E-state index is 12.5. The van der Waals surface area contributed by atoms with Crippen molar-refractivity contribution in [3.63, 3.8) is 0 Å². The summed E-state index contributed by atoms with van der Waals surface area (Å²) in [5.74, 6) is -1.75. The third-order valence-electron chi connectivity index (χ3n) is 4.08. The monoisotopic (exact) mass is 340 g/mol. The Morgan fingerprint density at radius 3 is 2.39 bits per heavy atom. The minimum atomic E-state index is -3.56. The maximum absolute atomic E-state index is 12.5. The van der Waals surface area contributed by atoms with Crippen molar-refractivity contribution in [2.24, 2.45) is 5.92 Å². The second-order valence-corrected chi connectivity index (χ2v) is 7.27. The van der Waals surface area contributed by atoms with E-state index in [1.165, 1.54) is 29.2 Å². The highest BCUT2D eigenvalue weighted by Gasteiger charge is 2.38. The first-order valence-electron chi connectivity index (χ1n) is 7.41. The molecule has 0 aromatic heterocycles. The third-order valence-corrected chi connectivity index (χ3v) is 5.64. The topological polar surface area (TPSA) is 104 Å². The molecule has 0 radical (unpaired) electrons. The number of sulfonamides is 1. The van der Waals surface area contributed by atoms with Crippen molar-refractivity contribution in [2.75, 3.05) is 13.1 Å². The summed E-state index contributed by atoms with van der Waals surface area (Å²) in [6.07, 6.45) is 0.426. The van der Waals surface area contributed by atoms with Crippen molar-refractivity contribution >= 4 is 21.9 Å². The first-order chi connectivity index (χ1) is 10.8. The highest BCUT2D eigenvalue weighted by atomic mass is 32.2. The van der Waals surface area contributed by atoms with Crippen molar-refractivity contribution in [3.8, 4) is 0 Å². The Morgan fingerprint density at radius 1 is 1.30 bits per heavy atom. The number of hydrogen-bond donors (Lipinski definition) is 2. The molecule has 1 amide bonds. The fourth-order valence-electron chi connectivity index (χ4n) is 2.77. The number of nitrogens with one attached hydrogen (secondary N) is 1. The maximum Gasteiger partial charge on any atom is 0.308 e. The van der Waals surface area contributed by atoms with E-state index in [1.54, 1.807) is 13.8 Å². The van der Waals surface area contributed by atoms with E-state index in [4.69, 9.17) is 5.11 Å². The van der Waals surface area contributed by atoms with E-state index < -0.39 is 21.9 Å². The summed E-state index contributed by atoms with van der Waals surface area (Å²) >= 11 is 0. The van der Waals surface area contributed by atoms with E-state index in [-0.39, 0.29) is 23.4 Å². The van der Waals surface area contributed by atoms with Crippen LogP contribution in [0.15, 0.2) is 29.2 Å². The van der Waals surface area contributed by atoms with Crippen molar-refractivity contribution < 1.29 is 23.1 Å². The Bertz CT molecular complexity index is 699. The molecule has 126 valence electrons. The molecule has 1 fully saturated rings. The summed E-state index contributed by atoms with van der Waals surface area (Å²) in [6, 6.07) is 5.27. The summed E-state index contributed by atoms with van der Waals surface area (Å²) in [6.45, 7) is 4.07. The van der Waals surface area contributed by atoms with Crippen LogP contribution in [0.2, 0.25) is 0 Å². The highest BCUT2D eigenvalue weighted by molar-refractivity contribution is 7.89. The van der Waals surface area contributed by atoms with Gasteiger partial charge < -0.3 is 10.0 Å². The van der Waals surface area contributed by atoms with Crippen molar-refractivity contribution in [1.82, 2.24) is 9.62 Å². The van der Waals surface area contributed by atoms with Gasteiger partial charge in [0.15, 0.2) is 0 Å². The van der Waals surface area contributed by atoms with Crippen LogP contribution in [0.25, 0.3) is 0 Å². The largest absolute Gasteiger partial charge is 0.481 e. The minimum Gasteiger partial charge on any atom is -0.481 e. The smallest absolute Gasteiger partial charge is 0.308 e. The molecule has 1 saturated heterocycles. The van der Waals surface area contributed by atoms with Crippen LogP contribution in [0.3, 0.4) is 0 Å². The average molecular weight is 340 g/mol. The van der Waals surface area contributed by atoms with Gasteiger partial charge in [0, 0.05) is 24.7 Å². The van der Waals surface area contributed by atoms with E-state index in [9.17, 15) is 18.0 Å². The first-order valence-corrected chi connectivity index (χ1v) is 8.89. The second kappa shape index (κ2) is 6.67. The molecule has 1 heterocycles. The van der Waals surface area contributed by atoms with Gasteiger partial charge in [-0.05, 0) is 37.6 Å². The molecule has 1 aromatic rings. The number of rotatable bonds is 5. The van der Waals surface area contributed by atoms with E-state index >= 15 is 0 Å². The summed E-state index contributed by atoms with van der Waals surface area (Å²) in [5.41, 5.74) is 0.346. The predicted molar refractivity (Wildman–Crippen MR) is 83.5 cm³/mol. The van der Waals surface area contributed by atoms with Gasteiger partial charge >= 0.3 is 5.97 Å². The second-order valence-electron chi connectivity index (χ2n) is 5.50. The fourth-order valence-corrected chi connectivity index (χ4v) is 3.81. The molecule has 1 aromatic carbocycles. The molecule has 0 aliphatic carbocycles. The van der Waals surface area contributed by atoms with Crippen LogP contribution in [0.1, 0.15) is 30.6 Å². The van der Waals surface area contributed by atoms with Gasteiger partial charge in [-0.3, -0.25) is 9.59 Å². The van der Waals surface area contributed by atoms with Gasteiger partial charge in [0.05, 0.1) is 10.8 Å². The first kappa shape index (κ1) is 17.4. The molecular weight excluding hydrogens is 320 g/mol. The Labute approximate surface area is 135 Å². The van der Waals surface area contributed by atoms with Crippen LogP contribution in [0, 0.1) is 5.92 Å². The number of nitrogens with zero attached hydrogens (tertiary/aromatic N) is 1. The van der Waals surface area contributed by atoms with E-state index in [1.807, 2.05) is 0 Å². The predicted octanol–water partition coefficient (Wildman–Crippen LogP) is 0.920. The van der Waals surface area contributed by atoms with Crippen LogP contribution in [-0.2, 0) is 14.8 Å². The van der Waals surface area contributed by atoms with Crippen LogP contribution < -0.4 is 4.72 Å². The molecule has 1 aliphatic heterocycles. The quantitative estimate of drug-likeness (QED) is 0.829. The molecule has 0 saturated carbocycles. The van der Waals surface area contributed by atoms with Gasteiger partial charge in [0.25, 0.3) is 5.91 Å². The molecule has 0 bridgehead atoms. The van der Waals surface area contributed by atoms with Gasteiger partial charge in [-0.15, -0.1) is 0 Å². The zero-order valence-electron chi connectivity index (χ0n) is 13.0. The van der Waals surface area contributed by atoms with Crippen LogP contribution in [0.5, 0.6) is 0 Å². The molecule has 2 atom stereocenters. The standard InChI is InChI=1S/C15H20N2O5S/c1-3-16-23(21,22)12-6-4-11(5-7-12)14(18)17-9-8-13(10(17)2)15(19)20/h4-7,10,13,16H,3,8-9H2,1-2H3,(H,19,20). The summed E-state index contributed by atoms with van der Waals surface area (Å²) in [7, 11) is -3.56. The summed E-state index contributed by atoms with van der Waals surface area (Å²) < 4.78 is 26.1. The molecule has 0 spiro atoms. The summed E-state index contributed by atoms with van der Waals surface area (Å²) in [4.78, 5) is 25.2. The molecule has 8 heteroatoms. The van der Waals surface area contributed by atoms with Gasteiger partial charge in [0.2, 0.25) is 10.0 Å². The fraction of sp³-hybridized carbons (Fsp3) is 0.467. The number of likely N-dealkylation sites (tertiary alicyclic amines) is 1. The number of carbonyl (C=O) groups excluding carboxylic acids is 1. The summed E-state index contributed by atoms with van der Waals surface area (Å²) in [5, 5.41) is 9.12. The number of hydrogen-bond acceptors (Lipinski definition) is 4. The number of aliphatic carboxylic acids is 1. The Hall–Kier alpha value is -1.93. The van der Waals surface area contributed by atoms with Crippen molar-refractivity contribution in [3.05, 3.63) is 29.8 Å². The molecule has 7 nitrogen and oxygen atoms in total. The van der Waals surface area contributed by atoms with Crippen LogP contribution in [-0.4, -0.2) is 49.4 Å². The SMILES string of the molecule is CCNS(=O)(=O)c1ccc(C(=O)N2CCC(C(=O)O)C2C)cc1. The zero-order chi connectivity index (χ0) is 17.2. The van der Waals surface area contributed by atoms with Gasteiger partial charge in [-0.1, -0.05) is 6.92 Å². The number of carboxylic acid groups (broad SMARTS) is 1. The van der Waals surface area contributed by atoms with E-state index in [0.29, 0.717) is 18.5 Å². The Morgan fingerprint density at radius 2 is 1.91 bits per heavy atom. The lowest BCUT2D eigenvalue weighted by Gasteiger charge is -2.23. The number of benzene rings is 1. The molecule has 2 N–H and O–H groups in total. The third kappa shape index (κ3) is 3.53. The van der Waals surface area contributed by atoms with E-state index in [2.05, 4.69) is 4.72 Å². The molecule has 2 unspecified atom stereocenters. The molecule has 1 aliphatic rings. The van der Waals surface area contributed by atoms with Gasteiger partial charge in [0.1, 0.15) is 0 Å². The Kier molecular flexibility index (Phi) is 5.06. The Balaban J connectivity index is 2.17. The van der Waals surface area contributed by atoms with Gasteiger partial charge in [-0.25, -0.2) is 13.1 Å². The molecule has 2 rings (SSSR count). The minimum absolute atomic E-state index is 0.0915.